The molecule has 1 N–H and O–H groups in total. The molecule has 1 aliphatic heterocycles. The fraction of sp³-hybridized carbons (Fsp3) is 0.474. The fourth-order valence-electron chi connectivity index (χ4n) is 4.13. The van der Waals surface area contributed by atoms with E-state index in [9.17, 15) is 8.42 Å². The highest BCUT2D eigenvalue weighted by Gasteiger charge is 2.49. The minimum Gasteiger partial charge on any atom is -0.472 e. The molecule has 4 rings (SSSR count). The number of piperidine rings is 1. The smallest absolute Gasteiger partial charge is 0.240 e. The maximum atomic E-state index is 12.6. The van der Waals surface area contributed by atoms with E-state index >= 15 is 0 Å². The Hall–Kier alpha value is -1.63. The van der Waals surface area contributed by atoms with Gasteiger partial charge in [0.15, 0.2) is 0 Å². The number of sulfonamides is 1. The second-order valence-electron chi connectivity index (χ2n) is 7.30. The SMILES string of the molecule is O=S(=O)(NC1CCC12CCN(Cc1ccoc1)CC2)c1ccccc1. The number of benzene rings is 1. The van der Waals surface area contributed by atoms with Gasteiger partial charge in [0.25, 0.3) is 0 Å². The average Bonchev–Trinajstić information content (AvgIpc) is 3.13. The van der Waals surface area contributed by atoms with Crippen molar-refractivity contribution in [1.82, 2.24) is 9.62 Å². The molecule has 1 saturated heterocycles. The number of furan rings is 1. The molecule has 1 aromatic heterocycles. The van der Waals surface area contributed by atoms with E-state index in [2.05, 4.69) is 9.62 Å². The van der Waals surface area contributed by atoms with Crippen LogP contribution in [0.5, 0.6) is 0 Å². The molecule has 2 fully saturated rings. The first-order valence-electron chi connectivity index (χ1n) is 8.88. The van der Waals surface area contributed by atoms with Crippen molar-refractivity contribution >= 4 is 10.0 Å². The lowest BCUT2D eigenvalue weighted by Gasteiger charge is -2.54. The molecule has 1 aliphatic carbocycles. The first-order chi connectivity index (χ1) is 12.1. The second-order valence-corrected chi connectivity index (χ2v) is 9.01. The Balaban J connectivity index is 1.38. The van der Waals surface area contributed by atoms with Crippen molar-refractivity contribution in [3.8, 4) is 0 Å². The number of nitrogens with one attached hydrogen (secondary N) is 1. The van der Waals surface area contributed by atoms with Crippen LogP contribution in [0.15, 0.2) is 58.2 Å². The van der Waals surface area contributed by atoms with Crippen LogP contribution in [0.3, 0.4) is 0 Å². The van der Waals surface area contributed by atoms with Gasteiger partial charge in [0.2, 0.25) is 10.0 Å². The summed E-state index contributed by atoms with van der Waals surface area (Å²) in [6.07, 6.45) is 7.66. The van der Waals surface area contributed by atoms with Crippen molar-refractivity contribution in [2.75, 3.05) is 13.1 Å². The monoisotopic (exact) mass is 360 g/mol. The molecule has 1 aromatic carbocycles. The van der Waals surface area contributed by atoms with Crippen LogP contribution in [-0.4, -0.2) is 32.4 Å². The fourth-order valence-corrected chi connectivity index (χ4v) is 5.53. The molecule has 2 aromatic rings. The third-order valence-electron chi connectivity index (χ3n) is 5.86. The molecule has 1 atom stereocenters. The van der Waals surface area contributed by atoms with E-state index in [0.29, 0.717) is 4.90 Å². The Morgan fingerprint density at radius 2 is 1.88 bits per heavy atom. The summed E-state index contributed by atoms with van der Waals surface area (Å²) in [5.41, 5.74) is 1.33. The molecule has 1 saturated carbocycles. The summed E-state index contributed by atoms with van der Waals surface area (Å²) in [5, 5.41) is 0. The van der Waals surface area contributed by atoms with Gasteiger partial charge in [0.05, 0.1) is 17.4 Å². The third-order valence-corrected chi connectivity index (χ3v) is 7.35. The van der Waals surface area contributed by atoms with Gasteiger partial charge in [-0.05, 0) is 62.4 Å². The van der Waals surface area contributed by atoms with Gasteiger partial charge in [-0.25, -0.2) is 13.1 Å². The Morgan fingerprint density at radius 3 is 2.48 bits per heavy atom. The van der Waals surface area contributed by atoms with Gasteiger partial charge in [0, 0.05) is 18.2 Å². The minimum atomic E-state index is -3.43. The van der Waals surface area contributed by atoms with Crippen molar-refractivity contribution in [2.24, 2.45) is 5.41 Å². The quantitative estimate of drug-likeness (QED) is 0.890. The lowest BCUT2D eigenvalue weighted by atomic mass is 9.59. The normalized spacial score (nSPS) is 23.4. The molecule has 1 spiro atoms. The predicted molar refractivity (Wildman–Crippen MR) is 95.4 cm³/mol. The van der Waals surface area contributed by atoms with Crippen LogP contribution < -0.4 is 4.72 Å². The van der Waals surface area contributed by atoms with Crippen molar-refractivity contribution in [3.05, 3.63) is 54.5 Å². The molecule has 134 valence electrons. The van der Waals surface area contributed by atoms with Gasteiger partial charge in [-0.1, -0.05) is 18.2 Å². The van der Waals surface area contributed by atoms with Crippen LogP contribution in [0.4, 0.5) is 0 Å². The lowest BCUT2D eigenvalue weighted by Crippen LogP contribution is -2.58. The predicted octanol–water partition coefficient (Wildman–Crippen LogP) is 3.00. The zero-order valence-corrected chi connectivity index (χ0v) is 15.0. The molecule has 5 nitrogen and oxygen atoms in total. The first-order valence-corrected chi connectivity index (χ1v) is 10.4. The molecule has 0 radical (unpaired) electrons. The van der Waals surface area contributed by atoms with Gasteiger partial charge in [-0.3, -0.25) is 4.90 Å². The van der Waals surface area contributed by atoms with Crippen LogP contribution in [0, 0.1) is 5.41 Å². The molecule has 25 heavy (non-hydrogen) atoms. The maximum absolute atomic E-state index is 12.6. The molecule has 2 heterocycles. The van der Waals surface area contributed by atoms with E-state index in [-0.39, 0.29) is 11.5 Å². The molecular formula is C19H24N2O3S. The van der Waals surface area contributed by atoms with Crippen molar-refractivity contribution in [2.45, 2.75) is 43.2 Å². The summed E-state index contributed by atoms with van der Waals surface area (Å²) in [4.78, 5) is 2.78. The third kappa shape index (κ3) is 3.38. The molecule has 1 unspecified atom stereocenters. The highest BCUT2D eigenvalue weighted by molar-refractivity contribution is 7.89. The van der Waals surface area contributed by atoms with Crippen molar-refractivity contribution in [3.63, 3.8) is 0 Å². The van der Waals surface area contributed by atoms with Gasteiger partial charge in [-0.15, -0.1) is 0 Å². The van der Waals surface area contributed by atoms with Crippen LogP contribution >= 0.6 is 0 Å². The van der Waals surface area contributed by atoms with Crippen molar-refractivity contribution in [1.29, 1.82) is 0 Å². The number of hydrogen-bond donors (Lipinski definition) is 1. The Bertz CT molecular complexity index is 794. The van der Waals surface area contributed by atoms with E-state index in [1.54, 1.807) is 36.8 Å². The van der Waals surface area contributed by atoms with Gasteiger partial charge < -0.3 is 4.42 Å². The minimum absolute atomic E-state index is 0.0637. The molecule has 6 heteroatoms. The summed E-state index contributed by atoms with van der Waals surface area (Å²) < 4.78 is 33.3. The van der Waals surface area contributed by atoms with Crippen LogP contribution in [0.1, 0.15) is 31.2 Å². The summed E-state index contributed by atoms with van der Waals surface area (Å²) in [7, 11) is -3.43. The standard InChI is InChI=1S/C19H24N2O3S/c22-25(23,17-4-2-1-3-5-17)20-18-6-8-19(18)9-11-21(12-10-19)14-16-7-13-24-15-16/h1-5,7,13,15,18,20H,6,8-12,14H2. The van der Waals surface area contributed by atoms with Gasteiger partial charge in [0.1, 0.15) is 0 Å². The Labute approximate surface area is 149 Å². The number of nitrogens with zero attached hydrogens (tertiary/aromatic N) is 1. The largest absolute Gasteiger partial charge is 0.472 e. The second kappa shape index (κ2) is 6.59. The summed E-state index contributed by atoms with van der Waals surface area (Å²) in [6, 6.07) is 10.7. The van der Waals surface area contributed by atoms with E-state index in [1.807, 2.05) is 12.1 Å². The number of hydrogen-bond acceptors (Lipinski definition) is 4. The van der Waals surface area contributed by atoms with E-state index < -0.39 is 10.0 Å². The topological polar surface area (TPSA) is 62.6 Å². The molecule has 0 amide bonds. The molecule has 2 aliphatic rings. The van der Waals surface area contributed by atoms with E-state index in [0.717, 1.165) is 45.3 Å². The summed E-state index contributed by atoms with van der Waals surface area (Å²) in [6.45, 7) is 2.93. The summed E-state index contributed by atoms with van der Waals surface area (Å²) in [5.74, 6) is 0. The lowest BCUT2D eigenvalue weighted by molar-refractivity contribution is 0.000664. The van der Waals surface area contributed by atoms with Crippen molar-refractivity contribution < 1.29 is 12.8 Å². The average molecular weight is 360 g/mol. The van der Waals surface area contributed by atoms with Crippen LogP contribution in [0.25, 0.3) is 0 Å². The zero-order valence-electron chi connectivity index (χ0n) is 14.2. The summed E-state index contributed by atoms with van der Waals surface area (Å²) >= 11 is 0. The van der Waals surface area contributed by atoms with Crippen LogP contribution in [-0.2, 0) is 16.6 Å². The van der Waals surface area contributed by atoms with Crippen LogP contribution in [0.2, 0.25) is 0 Å². The molecule has 0 bridgehead atoms. The number of rotatable bonds is 5. The van der Waals surface area contributed by atoms with E-state index in [4.69, 9.17) is 4.42 Å². The first kappa shape index (κ1) is 16.8. The highest BCUT2D eigenvalue weighted by atomic mass is 32.2. The van der Waals surface area contributed by atoms with Gasteiger partial charge in [-0.2, -0.15) is 0 Å². The van der Waals surface area contributed by atoms with Gasteiger partial charge >= 0.3 is 0 Å². The van der Waals surface area contributed by atoms with E-state index in [1.165, 1.54) is 5.56 Å². The Kier molecular flexibility index (Phi) is 4.43. The highest BCUT2D eigenvalue weighted by Crippen LogP contribution is 2.49. The molecular weight excluding hydrogens is 336 g/mol. The maximum Gasteiger partial charge on any atom is 0.240 e. The zero-order chi connectivity index (χ0) is 17.3. The number of likely N-dealkylation sites (tertiary alicyclic amines) is 1. The Morgan fingerprint density at radius 1 is 1.12 bits per heavy atom.